The molecule has 0 saturated carbocycles. The van der Waals surface area contributed by atoms with E-state index in [1.165, 1.54) is 0 Å². The van der Waals surface area contributed by atoms with Gasteiger partial charge in [0.15, 0.2) is 0 Å². The second kappa shape index (κ2) is 5.14. The van der Waals surface area contributed by atoms with E-state index in [4.69, 9.17) is 5.73 Å². The van der Waals surface area contributed by atoms with Crippen LogP contribution in [0.25, 0.3) is 11.0 Å². The average molecular weight is 388 g/mol. The van der Waals surface area contributed by atoms with Gasteiger partial charge < -0.3 is 15.2 Å². The number of anilines is 1. The van der Waals surface area contributed by atoms with Gasteiger partial charge in [-0.3, -0.25) is 0 Å². The molecule has 0 radical (unpaired) electrons. The number of aromatic nitrogens is 2. The number of benzene rings is 1. The number of nitrogen functional groups attached to an aromatic ring is 1. The van der Waals surface area contributed by atoms with Crippen molar-refractivity contribution in [3.8, 4) is 0 Å². The Morgan fingerprint density at radius 2 is 2.20 bits per heavy atom. The summed E-state index contributed by atoms with van der Waals surface area (Å²) in [5.41, 5.74) is 7.66. The molecule has 4 nitrogen and oxygen atoms in total. The van der Waals surface area contributed by atoms with Crippen molar-refractivity contribution < 1.29 is 4.39 Å². The Morgan fingerprint density at radius 3 is 2.90 bits per heavy atom. The van der Waals surface area contributed by atoms with Crippen LogP contribution in [0.15, 0.2) is 12.1 Å². The summed E-state index contributed by atoms with van der Waals surface area (Å²) in [4.78, 5) is 6.73. The summed E-state index contributed by atoms with van der Waals surface area (Å²) >= 11 is 1.98. The van der Waals surface area contributed by atoms with E-state index in [9.17, 15) is 4.39 Å². The second-order valence-corrected chi connectivity index (χ2v) is 6.77. The quantitative estimate of drug-likeness (QED) is 0.765. The van der Waals surface area contributed by atoms with Crippen LogP contribution in [-0.4, -0.2) is 34.1 Å². The average Bonchev–Trinajstić information content (AvgIpc) is 2.69. The van der Waals surface area contributed by atoms with E-state index in [2.05, 4.69) is 23.9 Å². The maximum Gasteiger partial charge on any atom is 0.201 e. The summed E-state index contributed by atoms with van der Waals surface area (Å²) in [5.74, 6) is 0.281. The molecule has 0 spiro atoms. The molecule has 0 bridgehead atoms. The van der Waals surface area contributed by atoms with Crippen LogP contribution in [0.3, 0.4) is 0 Å². The van der Waals surface area contributed by atoms with E-state index in [-0.39, 0.29) is 5.82 Å². The Morgan fingerprint density at radius 1 is 1.45 bits per heavy atom. The van der Waals surface area contributed by atoms with Crippen LogP contribution >= 0.6 is 22.6 Å². The zero-order valence-electron chi connectivity index (χ0n) is 11.6. The summed E-state index contributed by atoms with van der Waals surface area (Å²) in [6.45, 7) is 3.24. The normalized spacial score (nSPS) is 24.4. The molecule has 2 aromatic rings. The van der Waals surface area contributed by atoms with Gasteiger partial charge in [0.05, 0.1) is 14.6 Å². The zero-order valence-corrected chi connectivity index (χ0v) is 13.8. The van der Waals surface area contributed by atoms with Gasteiger partial charge in [-0.05, 0) is 55.5 Å². The molecule has 2 N–H and O–H groups in total. The van der Waals surface area contributed by atoms with E-state index in [1.54, 1.807) is 12.1 Å². The molecule has 20 heavy (non-hydrogen) atoms. The van der Waals surface area contributed by atoms with Crippen molar-refractivity contribution in [3.63, 3.8) is 0 Å². The molecule has 1 aromatic heterocycles. The number of fused-ring (bicyclic) bond motifs is 1. The van der Waals surface area contributed by atoms with Crippen molar-refractivity contribution in [2.75, 3.05) is 19.3 Å². The van der Waals surface area contributed by atoms with Crippen molar-refractivity contribution in [2.24, 2.45) is 0 Å². The molecule has 2 heterocycles. The van der Waals surface area contributed by atoms with Crippen molar-refractivity contribution >= 4 is 39.6 Å². The highest BCUT2D eigenvalue weighted by Crippen LogP contribution is 2.32. The van der Waals surface area contributed by atoms with Crippen molar-refractivity contribution in [1.29, 1.82) is 0 Å². The van der Waals surface area contributed by atoms with Crippen LogP contribution in [0.4, 0.5) is 10.3 Å². The number of hydrogen-bond acceptors (Lipinski definition) is 3. The topological polar surface area (TPSA) is 47.1 Å². The summed E-state index contributed by atoms with van der Waals surface area (Å²) in [6.07, 6.45) is 2.03. The van der Waals surface area contributed by atoms with Crippen LogP contribution in [0.2, 0.25) is 0 Å². The first-order valence-electron chi connectivity index (χ1n) is 6.80. The molecule has 0 amide bonds. The molecule has 6 heteroatoms. The molecule has 1 fully saturated rings. The van der Waals surface area contributed by atoms with Crippen molar-refractivity contribution in [1.82, 2.24) is 14.5 Å². The molecule has 1 aromatic carbocycles. The van der Waals surface area contributed by atoms with Crippen molar-refractivity contribution in [2.45, 2.75) is 31.8 Å². The van der Waals surface area contributed by atoms with Gasteiger partial charge in [0.2, 0.25) is 5.95 Å². The standard InChI is InChI=1S/C14H18FIN4/c1-8-5-9(3-4-19(8)2)20-13-6-10(15)11(16)7-12(13)18-14(20)17/h6-9H,3-5H2,1-2H3,(H2,17,18). The molecule has 1 aliphatic heterocycles. The van der Waals surface area contributed by atoms with Gasteiger partial charge in [0, 0.05) is 24.7 Å². The highest BCUT2D eigenvalue weighted by Gasteiger charge is 2.27. The van der Waals surface area contributed by atoms with Gasteiger partial charge in [-0.25, -0.2) is 9.37 Å². The smallest absolute Gasteiger partial charge is 0.201 e. The number of nitrogens with zero attached hydrogens (tertiary/aromatic N) is 3. The predicted molar refractivity (Wildman–Crippen MR) is 87.2 cm³/mol. The molecular formula is C14H18FIN4. The first-order chi connectivity index (χ1) is 9.47. The number of imidazole rings is 1. The monoisotopic (exact) mass is 388 g/mol. The Hall–Kier alpha value is -0.890. The molecule has 2 unspecified atom stereocenters. The maximum atomic E-state index is 13.8. The molecule has 108 valence electrons. The molecule has 0 aliphatic carbocycles. The number of likely N-dealkylation sites (tertiary alicyclic amines) is 1. The third-order valence-corrected chi connectivity index (χ3v) is 5.13. The van der Waals surface area contributed by atoms with Gasteiger partial charge in [-0.1, -0.05) is 0 Å². The number of nitrogens with two attached hydrogens (primary N) is 1. The molecule has 1 saturated heterocycles. The van der Waals surface area contributed by atoms with Gasteiger partial charge >= 0.3 is 0 Å². The van der Waals surface area contributed by atoms with Gasteiger partial charge in [-0.15, -0.1) is 0 Å². The van der Waals surface area contributed by atoms with E-state index in [1.807, 2.05) is 27.2 Å². The number of hydrogen-bond donors (Lipinski definition) is 1. The maximum absolute atomic E-state index is 13.8. The third-order valence-electron chi connectivity index (χ3n) is 4.30. The fraction of sp³-hybridized carbons (Fsp3) is 0.500. The Balaban J connectivity index is 2.07. The zero-order chi connectivity index (χ0) is 14.4. The highest BCUT2D eigenvalue weighted by atomic mass is 127. The summed E-state index contributed by atoms with van der Waals surface area (Å²) in [6, 6.07) is 4.12. The number of rotatable bonds is 1. The van der Waals surface area contributed by atoms with E-state index >= 15 is 0 Å². The predicted octanol–water partition coefficient (Wildman–Crippen LogP) is 3.02. The first kappa shape index (κ1) is 14.1. The third kappa shape index (κ3) is 2.28. The second-order valence-electron chi connectivity index (χ2n) is 5.60. The summed E-state index contributed by atoms with van der Waals surface area (Å²) < 4.78 is 16.4. The van der Waals surface area contributed by atoms with Gasteiger partial charge in [0.25, 0.3) is 0 Å². The fourth-order valence-corrected chi connectivity index (χ4v) is 3.44. The van der Waals surface area contributed by atoms with Gasteiger partial charge in [0.1, 0.15) is 5.82 Å². The molecule has 2 atom stereocenters. The van der Waals surface area contributed by atoms with Crippen LogP contribution in [0.5, 0.6) is 0 Å². The number of halogens is 2. The first-order valence-corrected chi connectivity index (χ1v) is 7.88. The van der Waals surface area contributed by atoms with Crippen LogP contribution < -0.4 is 5.73 Å². The van der Waals surface area contributed by atoms with E-state index in [0.717, 1.165) is 30.4 Å². The SMILES string of the molecule is CC1CC(n2c(N)nc3cc(I)c(F)cc32)CCN1C. The Labute approximate surface area is 131 Å². The minimum atomic E-state index is -0.208. The van der Waals surface area contributed by atoms with Crippen LogP contribution in [0.1, 0.15) is 25.8 Å². The lowest BCUT2D eigenvalue weighted by atomic mass is 9.98. The summed E-state index contributed by atoms with van der Waals surface area (Å²) in [5, 5.41) is 0. The Kier molecular flexibility index (Phi) is 3.62. The lowest BCUT2D eigenvalue weighted by molar-refractivity contribution is 0.159. The number of piperidine rings is 1. The van der Waals surface area contributed by atoms with Crippen molar-refractivity contribution in [3.05, 3.63) is 21.5 Å². The van der Waals surface area contributed by atoms with E-state index in [0.29, 0.717) is 21.6 Å². The van der Waals surface area contributed by atoms with Crippen LogP contribution in [-0.2, 0) is 0 Å². The highest BCUT2D eigenvalue weighted by molar-refractivity contribution is 14.1. The summed E-state index contributed by atoms with van der Waals surface area (Å²) in [7, 11) is 2.14. The minimum Gasteiger partial charge on any atom is -0.369 e. The largest absolute Gasteiger partial charge is 0.369 e. The molecule has 1 aliphatic rings. The lowest BCUT2D eigenvalue weighted by Gasteiger charge is -2.36. The lowest BCUT2D eigenvalue weighted by Crippen LogP contribution is -2.38. The van der Waals surface area contributed by atoms with Gasteiger partial charge in [-0.2, -0.15) is 0 Å². The van der Waals surface area contributed by atoms with Crippen LogP contribution in [0, 0.1) is 9.39 Å². The minimum absolute atomic E-state index is 0.208. The van der Waals surface area contributed by atoms with E-state index < -0.39 is 0 Å². The molecule has 3 rings (SSSR count). The molecular weight excluding hydrogens is 370 g/mol. The Bertz CT molecular complexity index is 654. The fourth-order valence-electron chi connectivity index (χ4n) is 2.99.